The van der Waals surface area contributed by atoms with Crippen molar-refractivity contribution in [3.63, 3.8) is 0 Å². The third-order valence-corrected chi connectivity index (χ3v) is 6.35. The molecule has 1 aromatic heterocycles. The average Bonchev–Trinajstić information content (AvgIpc) is 2.79. The van der Waals surface area contributed by atoms with E-state index in [9.17, 15) is 19.6 Å². The molecule has 0 spiro atoms. The summed E-state index contributed by atoms with van der Waals surface area (Å²) < 4.78 is 5.99. The van der Waals surface area contributed by atoms with Gasteiger partial charge in [0.2, 0.25) is 11.9 Å². The van der Waals surface area contributed by atoms with E-state index in [2.05, 4.69) is 31.2 Å². The maximum atomic E-state index is 13.2. The quantitative estimate of drug-likeness (QED) is 0.618. The highest BCUT2D eigenvalue weighted by atomic mass is 79.9. The molecule has 4 rings (SSSR count). The van der Waals surface area contributed by atoms with Gasteiger partial charge >= 0.3 is 5.97 Å². The molecule has 3 atom stereocenters. The molecule has 1 aromatic carbocycles. The number of piperidine rings is 1. The van der Waals surface area contributed by atoms with Crippen molar-refractivity contribution in [2.45, 2.75) is 25.7 Å². The van der Waals surface area contributed by atoms with Gasteiger partial charge in [-0.25, -0.2) is 0 Å². The number of nitrogens with zero attached hydrogens (tertiary/aromatic N) is 3. The fourth-order valence-electron chi connectivity index (χ4n) is 4.30. The topological polar surface area (TPSA) is 128 Å². The van der Waals surface area contributed by atoms with Crippen LogP contribution in [0.1, 0.15) is 36.8 Å². The van der Waals surface area contributed by atoms with Crippen LogP contribution in [0.25, 0.3) is 0 Å². The minimum atomic E-state index is -1.05. The summed E-state index contributed by atoms with van der Waals surface area (Å²) in [5.74, 6) is -2.44. The number of benzene rings is 1. The first-order valence-electron chi connectivity index (χ1n) is 10.4. The van der Waals surface area contributed by atoms with E-state index < -0.39 is 23.3 Å². The van der Waals surface area contributed by atoms with Crippen molar-refractivity contribution >= 4 is 39.6 Å². The van der Waals surface area contributed by atoms with Crippen LogP contribution in [-0.4, -0.2) is 41.5 Å². The summed E-state index contributed by atoms with van der Waals surface area (Å²) in [5, 5.41) is 12.3. The van der Waals surface area contributed by atoms with Gasteiger partial charge in [-0.15, -0.1) is 0 Å². The van der Waals surface area contributed by atoms with Crippen LogP contribution >= 0.6 is 15.9 Å². The molecule has 166 valence electrons. The molecule has 9 nitrogen and oxygen atoms in total. The fourth-order valence-corrected chi connectivity index (χ4v) is 4.57. The molecule has 1 saturated heterocycles. The number of hydrogen-bond donors (Lipinski definition) is 2. The zero-order valence-corrected chi connectivity index (χ0v) is 19.0. The first kappa shape index (κ1) is 22.0. The van der Waals surface area contributed by atoms with Gasteiger partial charge in [0.05, 0.1) is 24.2 Å². The highest BCUT2D eigenvalue weighted by Crippen LogP contribution is 2.38. The third kappa shape index (κ3) is 4.12. The number of aromatic nitrogens is 2. The first-order valence-corrected chi connectivity index (χ1v) is 11.2. The van der Waals surface area contributed by atoms with Crippen LogP contribution in [0, 0.1) is 23.2 Å². The molecule has 2 N–H and O–H groups in total. The van der Waals surface area contributed by atoms with Crippen LogP contribution < -0.4 is 15.8 Å². The molecule has 3 unspecified atom stereocenters. The second-order valence-corrected chi connectivity index (χ2v) is 8.73. The number of halogens is 1. The molecule has 0 radical (unpaired) electrons. The number of hydrogen-bond acceptors (Lipinski definition) is 7. The molecule has 1 amide bonds. The minimum absolute atomic E-state index is 0.145. The molecule has 3 heterocycles. The normalized spacial score (nSPS) is 22.5. The third-order valence-electron chi connectivity index (χ3n) is 5.82. The lowest BCUT2D eigenvalue weighted by Crippen LogP contribution is -2.43. The predicted octanol–water partition coefficient (Wildman–Crippen LogP) is 2.54. The Bertz CT molecular complexity index is 1140. The maximum Gasteiger partial charge on any atom is 0.310 e. The summed E-state index contributed by atoms with van der Waals surface area (Å²) in [5.41, 5.74) is 0.508. The Morgan fingerprint density at radius 2 is 2.09 bits per heavy atom. The Hall–Kier alpha value is -3.19. The first-order chi connectivity index (χ1) is 15.4. The number of rotatable bonds is 4. The van der Waals surface area contributed by atoms with E-state index in [4.69, 9.17) is 4.74 Å². The number of aromatic amines is 1. The maximum absolute atomic E-state index is 13.2. The monoisotopic (exact) mass is 499 g/mol. The standard InChI is InChI=1S/C22H22BrN5O4/c1-2-32-21(31)13-4-3-9-28(11-13)22-26-18-17(20(30)27-22)16(15(10-24)19(29)25-18)12-5-7-14(23)8-6-12/h5-8,13,15-16H,2-4,9,11H2,1H3,(H2,25,26,27,29,30). The summed E-state index contributed by atoms with van der Waals surface area (Å²) in [7, 11) is 0. The van der Waals surface area contributed by atoms with Gasteiger partial charge in [0, 0.05) is 23.5 Å². The van der Waals surface area contributed by atoms with Crippen LogP contribution in [0.15, 0.2) is 33.5 Å². The van der Waals surface area contributed by atoms with Crippen molar-refractivity contribution in [1.29, 1.82) is 5.26 Å². The number of fused-ring (bicyclic) bond motifs is 1. The summed E-state index contributed by atoms with van der Waals surface area (Å²) >= 11 is 3.38. The molecule has 0 saturated carbocycles. The van der Waals surface area contributed by atoms with Gasteiger partial charge in [-0.1, -0.05) is 28.1 Å². The molecule has 2 aliphatic heterocycles. The number of carbonyl (C=O) groups is 2. The van der Waals surface area contributed by atoms with Gasteiger partial charge in [0.1, 0.15) is 11.7 Å². The summed E-state index contributed by atoms with van der Waals surface area (Å²) in [6, 6.07) is 9.19. The van der Waals surface area contributed by atoms with Crippen molar-refractivity contribution in [3.8, 4) is 6.07 Å². The van der Waals surface area contributed by atoms with Crippen molar-refractivity contribution < 1.29 is 14.3 Å². The van der Waals surface area contributed by atoms with Crippen LogP contribution in [0.2, 0.25) is 0 Å². The van der Waals surface area contributed by atoms with E-state index >= 15 is 0 Å². The number of H-pyrrole nitrogens is 1. The van der Waals surface area contributed by atoms with E-state index in [-0.39, 0.29) is 29.2 Å². The SMILES string of the molecule is CCOC(=O)C1CCCN(c2nc3c(c(=O)[nH]2)C(c2ccc(Br)cc2)C(C#N)C(=O)N3)C1. The van der Waals surface area contributed by atoms with Crippen LogP contribution in [-0.2, 0) is 14.3 Å². The predicted molar refractivity (Wildman–Crippen MR) is 120 cm³/mol. The second-order valence-electron chi connectivity index (χ2n) is 7.81. The molecule has 32 heavy (non-hydrogen) atoms. The van der Waals surface area contributed by atoms with Crippen LogP contribution in [0.4, 0.5) is 11.8 Å². The van der Waals surface area contributed by atoms with E-state index in [1.54, 1.807) is 31.2 Å². The van der Waals surface area contributed by atoms with Gasteiger partial charge in [0.15, 0.2) is 0 Å². The lowest BCUT2D eigenvalue weighted by atomic mass is 9.79. The Morgan fingerprint density at radius 1 is 1.34 bits per heavy atom. The fraction of sp³-hybridized carbons (Fsp3) is 0.409. The summed E-state index contributed by atoms with van der Waals surface area (Å²) in [6.07, 6.45) is 1.45. The van der Waals surface area contributed by atoms with Crippen LogP contribution in [0.3, 0.4) is 0 Å². The van der Waals surface area contributed by atoms with Crippen LogP contribution in [0.5, 0.6) is 0 Å². The van der Waals surface area contributed by atoms with E-state index in [1.165, 1.54) is 0 Å². The van der Waals surface area contributed by atoms with Gasteiger partial charge < -0.3 is 15.0 Å². The van der Waals surface area contributed by atoms with Gasteiger partial charge in [0.25, 0.3) is 5.56 Å². The molecular weight excluding hydrogens is 478 g/mol. The Balaban J connectivity index is 1.72. The van der Waals surface area contributed by atoms with E-state index in [1.807, 2.05) is 11.0 Å². The van der Waals surface area contributed by atoms with Crippen molar-refractivity contribution in [3.05, 3.63) is 50.2 Å². The number of nitriles is 1. The zero-order valence-electron chi connectivity index (χ0n) is 17.4. The Morgan fingerprint density at radius 3 is 2.78 bits per heavy atom. The molecule has 0 aliphatic carbocycles. The Labute approximate surface area is 192 Å². The van der Waals surface area contributed by atoms with Gasteiger partial charge in [-0.2, -0.15) is 10.2 Å². The number of amides is 1. The van der Waals surface area contributed by atoms with Crippen molar-refractivity contribution in [2.75, 3.05) is 29.9 Å². The molecule has 10 heteroatoms. The Kier molecular flexibility index (Phi) is 6.28. The number of carbonyl (C=O) groups excluding carboxylic acids is 2. The molecule has 1 fully saturated rings. The van der Waals surface area contributed by atoms with Gasteiger partial charge in [-0.05, 0) is 37.5 Å². The minimum Gasteiger partial charge on any atom is -0.466 e. The van der Waals surface area contributed by atoms with E-state index in [0.29, 0.717) is 31.7 Å². The van der Waals surface area contributed by atoms with Crippen molar-refractivity contribution in [2.24, 2.45) is 11.8 Å². The largest absolute Gasteiger partial charge is 0.466 e. The van der Waals surface area contributed by atoms with Gasteiger partial charge in [-0.3, -0.25) is 19.4 Å². The summed E-state index contributed by atoms with van der Waals surface area (Å²) in [4.78, 5) is 47.2. The zero-order chi connectivity index (χ0) is 22.8. The number of esters is 1. The molecular formula is C22H22BrN5O4. The lowest BCUT2D eigenvalue weighted by Gasteiger charge is -2.33. The lowest BCUT2D eigenvalue weighted by molar-refractivity contribution is -0.148. The smallest absolute Gasteiger partial charge is 0.310 e. The number of nitrogens with one attached hydrogen (secondary N) is 2. The van der Waals surface area contributed by atoms with Crippen molar-refractivity contribution in [1.82, 2.24) is 9.97 Å². The molecule has 2 aromatic rings. The highest BCUT2D eigenvalue weighted by Gasteiger charge is 2.40. The van der Waals surface area contributed by atoms with E-state index in [0.717, 1.165) is 10.9 Å². The average molecular weight is 500 g/mol. The molecule has 2 aliphatic rings. The number of anilines is 2. The highest BCUT2D eigenvalue weighted by molar-refractivity contribution is 9.10. The number of ether oxygens (including phenoxy) is 1. The molecule has 0 bridgehead atoms. The summed E-state index contributed by atoms with van der Waals surface area (Å²) in [6.45, 7) is 3.06. The second kappa shape index (κ2) is 9.12.